The molecule has 0 aromatic heterocycles. The Balaban J connectivity index is 2.23. The fraction of sp³-hybridized carbons (Fsp3) is 0.350. The lowest BCUT2D eigenvalue weighted by molar-refractivity contribution is -0.120. The Morgan fingerprint density at radius 3 is 2.26 bits per heavy atom. The van der Waals surface area contributed by atoms with Gasteiger partial charge < -0.3 is 10.1 Å². The molecule has 0 aliphatic carbocycles. The quantitative estimate of drug-likeness (QED) is 0.789. The maximum Gasteiger partial charge on any atom is 0.241 e. The van der Waals surface area contributed by atoms with Crippen LogP contribution >= 0.6 is 0 Å². The standard InChI is InChI=1S/C20H26N2O4S/c1-14-6-9-17(10-7-14)16(3)21-20(23)13-22(27(5,24)25)18-12-15(2)8-11-19(18)26-4/h6-12,16H,13H2,1-5H3,(H,21,23). The van der Waals surface area contributed by atoms with Crippen LogP contribution in [-0.4, -0.2) is 34.2 Å². The van der Waals surface area contributed by atoms with E-state index in [9.17, 15) is 13.2 Å². The maximum atomic E-state index is 12.6. The lowest BCUT2D eigenvalue weighted by Crippen LogP contribution is -2.41. The van der Waals surface area contributed by atoms with Gasteiger partial charge in [0.2, 0.25) is 15.9 Å². The number of aryl methyl sites for hydroxylation is 2. The highest BCUT2D eigenvalue weighted by molar-refractivity contribution is 7.92. The van der Waals surface area contributed by atoms with Crippen molar-refractivity contribution in [3.05, 3.63) is 59.2 Å². The monoisotopic (exact) mass is 390 g/mol. The van der Waals surface area contributed by atoms with E-state index in [2.05, 4.69) is 5.32 Å². The van der Waals surface area contributed by atoms with E-state index >= 15 is 0 Å². The van der Waals surface area contributed by atoms with Crippen LogP contribution in [0.4, 0.5) is 5.69 Å². The fourth-order valence-electron chi connectivity index (χ4n) is 2.73. The van der Waals surface area contributed by atoms with Gasteiger partial charge in [-0.25, -0.2) is 8.42 Å². The normalized spacial score (nSPS) is 12.3. The van der Waals surface area contributed by atoms with Gasteiger partial charge in [-0.05, 0) is 44.0 Å². The molecule has 0 bridgehead atoms. The van der Waals surface area contributed by atoms with Crippen LogP contribution in [-0.2, 0) is 14.8 Å². The SMILES string of the molecule is COc1ccc(C)cc1N(CC(=O)NC(C)c1ccc(C)cc1)S(C)(=O)=O. The van der Waals surface area contributed by atoms with Gasteiger partial charge >= 0.3 is 0 Å². The molecule has 6 nitrogen and oxygen atoms in total. The summed E-state index contributed by atoms with van der Waals surface area (Å²) >= 11 is 0. The topological polar surface area (TPSA) is 75.7 Å². The second-order valence-corrected chi connectivity index (χ2v) is 8.55. The zero-order valence-corrected chi connectivity index (χ0v) is 17.1. The van der Waals surface area contributed by atoms with Crippen LogP contribution in [0, 0.1) is 13.8 Å². The lowest BCUT2D eigenvalue weighted by atomic mass is 10.1. The number of hydrogen-bond donors (Lipinski definition) is 1. The van der Waals surface area contributed by atoms with E-state index in [4.69, 9.17) is 4.74 Å². The average Bonchev–Trinajstić information content (AvgIpc) is 2.59. The van der Waals surface area contributed by atoms with E-state index in [1.165, 1.54) is 7.11 Å². The second-order valence-electron chi connectivity index (χ2n) is 6.64. The third-order valence-electron chi connectivity index (χ3n) is 4.25. The summed E-state index contributed by atoms with van der Waals surface area (Å²) in [5.74, 6) is 0.00228. The Morgan fingerprint density at radius 2 is 1.70 bits per heavy atom. The smallest absolute Gasteiger partial charge is 0.241 e. The van der Waals surface area contributed by atoms with Crippen LogP contribution < -0.4 is 14.4 Å². The van der Waals surface area contributed by atoms with Gasteiger partial charge in [-0.2, -0.15) is 0 Å². The number of hydrogen-bond acceptors (Lipinski definition) is 4. The highest BCUT2D eigenvalue weighted by atomic mass is 32.2. The van der Waals surface area contributed by atoms with Crippen molar-refractivity contribution < 1.29 is 17.9 Å². The minimum atomic E-state index is -3.68. The number of anilines is 1. The summed E-state index contributed by atoms with van der Waals surface area (Å²) in [4.78, 5) is 12.6. The summed E-state index contributed by atoms with van der Waals surface area (Å²) in [6.07, 6.45) is 1.07. The van der Waals surface area contributed by atoms with E-state index in [1.807, 2.05) is 51.1 Å². The number of ether oxygens (including phenoxy) is 1. The van der Waals surface area contributed by atoms with Gasteiger partial charge in [0, 0.05) is 0 Å². The summed E-state index contributed by atoms with van der Waals surface area (Å²) in [6, 6.07) is 12.8. The average molecular weight is 391 g/mol. The molecule has 0 heterocycles. The van der Waals surface area contributed by atoms with Crippen LogP contribution in [0.3, 0.4) is 0 Å². The fourth-order valence-corrected chi connectivity index (χ4v) is 3.58. The predicted octanol–water partition coefficient (Wildman–Crippen LogP) is 2.96. The van der Waals surface area contributed by atoms with Crippen LogP contribution in [0.2, 0.25) is 0 Å². The summed E-state index contributed by atoms with van der Waals surface area (Å²) in [7, 11) is -2.21. The molecule has 1 amide bonds. The first-order valence-electron chi connectivity index (χ1n) is 8.60. The molecule has 7 heteroatoms. The van der Waals surface area contributed by atoms with Gasteiger partial charge in [0.25, 0.3) is 0 Å². The number of methoxy groups -OCH3 is 1. The summed E-state index contributed by atoms with van der Waals surface area (Å²) in [5.41, 5.74) is 3.30. The molecule has 146 valence electrons. The van der Waals surface area contributed by atoms with Crippen molar-refractivity contribution in [2.45, 2.75) is 26.8 Å². The second kappa shape index (κ2) is 8.43. The minimum absolute atomic E-state index is 0.237. The number of carbonyl (C=O) groups is 1. The van der Waals surface area contributed by atoms with E-state index in [-0.39, 0.29) is 12.6 Å². The van der Waals surface area contributed by atoms with E-state index < -0.39 is 15.9 Å². The molecular weight excluding hydrogens is 364 g/mol. The molecule has 0 saturated carbocycles. The van der Waals surface area contributed by atoms with Gasteiger partial charge in [-0.15, -0.1) is 0 Å². The van der Waals surface area contributed by atoms with Crippen LogP contribution in [0.5, 0.6) is 5.75 Å². The maximum absolute atomic E-state index is 12.6. The predicted molar refractivity (Wildman–Crippen MR) is 108 cm³/mol. The van der Waals surface area contributed by atoms with Crippen molar-refractivity contribution in [1.29, 1.82) is 0 Å². The molecule has 1 atom stereocenters. The molecule has 2 aromatic carbocycles. The molecule has 2 aromatic rings. The van der Waals surface area contributed by atoms with Crippen molar-refractivity contribution in [1.82, 2.24) is 5.32 Å². The molecule has 0 fully saturated rings. The largest absolute Gasteiger partial charge is 0.495 e. The Kier molecular flexibility index (Phi) is 6.49. The van der Waals surface area contributed by atoms with Crippen LogP contribution in [0.25, 0.3) is 0 Å². The van der Waals surface area contributed by atoms with Crippen molar-refractivity contribution in [3.63, 3.8) is 0 Å². The van der Waals surface area contributed by atoms with Crippen LogP contribution in [0.1, 0.15) is 29.7 Å². The Bertz CT molecular complexity index is 908. The first-order chi connectivity index (χ1) is 12.6. The van der Waals surface area contributed by atoms with E-state index in [0.717, 1.165) is 27.3 Å². The Morgan fingerprint density at radius 1 is 1.11 bits per heavy atom. The number of benzene rings is 2. The highest BCUT2D eigenvalue weighted by Gasteiger charge is 2.24. The zero-order chi connectivity index (χ0) is 20.2. The van der Waals surface area contributed by atoms with Crippen molar-refractivity contribution in [2.24, 2.45) is 0 Å². The van der Waals surface area contributed by atoms with E-state index in [1.54, 1.807) is 12.1 Å². The van der Waals surface area contributed by atoms with Gasteiger partial charge in [-0.3, -0.25) is 9.10 Å². The molecule has 0 aliphatic rings. The molecule has 0 saturated heterocycles. The number of amides is 1. The number of carbonyl (C=O) groups excluding carboxylic acids is 1. The molecule has 2 rings (SSSR count). The molecule has 0 spiro atoms. The van der Waals surface area contributed by atoms with Crippen molar-refractivity contribution in [2.75, 3.05) is 24.2 Å². The molecule has 1 unspecified atom stereocenters. The molecular formula is C20H26N2O4S. The van der Waals surface area contributed by atoms with Crippen molar-refractivity contribution in [3.8, 4) is 5.75 Å². The van der Waals surface area contributed by atoms with Gasteiger partial charge in [-0.1, -0.05) is 35.9 Å². The first-order valence-corrected chi connectivity index (χ1v) is 10.4. The van der Waals surface area contributed by atoms with Gasteiger partial charge in [0.1, 0.15) is 12.3 Å². The summed E-state index contributed by atoms with van der Waals surface area (Å²) in [6.45, 7) is 5.38. The summed E-state index contributed by atoms with van der Waals surface area (Å²) in [5, 5.41) is 2.85. The van der Waals surface area contributed by atoms with Crippen LogP contribution in [0.15, 0.2) is 42.5 Å². The summed E-state index contributed by atoms with van der Waals surface area (Å²) < 4.78 is 31.0. The lowest BCUT2D eigenvalue weighted by Gasteiger charge is -2.25. The number of sulfonamides is 1. The van der Waals surface area contributed by atoms with Gasteiger partial charge in [0.05, 0.1) is 25.1 Å². The minimum Gasteiger partial charge on any atom is -0.495 e. The molecule has 0 radical (unpaired) electrons. The molecule has 0 aliphatic heterocycles. The molecule has 1 N–H and O–H groups in total. The van der Waals surface area contributed by atoms with Gasteiger partial charge in [0.15, 0.2) is 0 Å². The van der Waals surface area contributed by atoms with E-state index in [0.29, 0.717) is 11.4 Å². The first kappa shape index (κ1) is 20.8. The van der Waals surface area contributed by atoms with Crippen molar-refractivity contribution >= 4 is 21.6 Å². The number of nitrogens with zero attached hydrogens (tertiary/aromatic N) is 1. The third-order valence-corrected chi connectivity index (χ3v) is 5.37. The number of nitrogens with one attached hydrogen (secondary N) is 1. The highest BCUT2D eigenvalue weighted by Crippen LogP contribution is 2.30. The Hall–Kier alpha value is -2.54. The number of rotatable bonds is 7. The molecule has 27 heavy (non-hydrogen) atoms. The third kappa shape index (κ3) is 5.47. The zero-order valence-electron chi connectivity index (χ0n) is 16.3. The Labute approximate surface area is 161 Å².